The summed E-state index contributed by atoms with van der Waals surface area (Å²) in [5.41, 5.74) is 5.92. The Morgan fingerprint density at radius 1 is 1.64 bits per heavy atom. The van der Waals surface area contributed by atoms with Crippen molar-refractivity contribution in [3.05, 3.63) is 29.0 Å². The Balaban J connectivity index is 2.81. The summed E-state index contributed by atoms with van der Waals surface area (Å²) >= 11 is 5.54. The Morgan fingerprint density at radius 2 is 2.36 bits per heavy atom. The molecule has 0 aromatic carbocycles. The summed E-state index contributed by atoms with van der Waals surface area (Å²) in [6.45, 7) is 0.198. The topological polar surface area (TPSA) is 59.1 Å². The van der Waals surface area contributed by atoms with E-state index in [0.717, 1.165) is 0 Å². The molecule has 0 fully saturated rings. The minimum absolute atomic E-state index is 0.198. The smallest absolute Gasteiger partial charge is 0.129 e. The van der Waals surface area contributed by atoms with Gasteiger partial charge in [-0.25, -0.2) is 4.98 Å². The van der Waals surface area contributed by atoms with Crippen LogP contribution >= 0.6 is 11.6 Å². The number of nitrogens with two attached hydrogens (primary N) is 1. The lowest BCUT2D eigenvalue weighted by Crippen LogP contribution is -2.11. The first kappa shape index (κ1) is 8.46. The van der Waals surface area contributed by atoms with E-state index in [2.05, 4.69) is 4.98 Å². The summed E-state index contributed by atoms with van der Waals surface area (Å²) in [5.74, 6) is 0. The van der Waals surface area contributed by atoms with Gasteiger partial charge in [-0.15, -0.1) is 0 Å². The Hall–Kier alpha value is -0.640. The Bertz CT molecular complexity index is 224. The highest BCUT2D eigenvalue weighted by Gasteiger charge is 2.03. The molecule has 0 aliphatic heterocycles. The lowest BCUT2D eigenvalue weighted by molar-refractivity contribution is 0.186. The van der Waals surface area contributed by atoms with Crippen molar-refractivity contribution < 1.29 is 5.11 Å². The largest absolute Gasteiger partial charge is 0.387 e. The van der Waals surface area contributed by atoms with E-state index in [-0.39, 0.29) is 6.54 Å². The molecule has 0 radical (unpaired) electrons. The molecule has 60 valence electrons. The fourth-order valence-corrected chi connectivity index (χ4v) is 0.832. The highest BCUT2D eigenvalue weighted by molar-refractivity contribution is 6.29. The molecule has 1 unspecified atom stereocenters. The van der Waals surface area contributed by atoms with Gasteiger partial charge in [-0.1, -0.05) is 17.7 Å². The second kappa shape index (κ2) is 3.67. The molecule has 1 aromatic rings. The zero-order valence-corrected chi connectivity index (χ0v) is 6.62. The molecule has 3 N–H and O–H groups in total. The minimum atomic E-state index is -0.639. The first-order chi connectivity index (χ1) is 5.24. The fourth-order valence-electron chi connectivity index (χ4n) is 0.720. The van der Waals surface area contributed by atoms with E-state index in [1.165, 1.54) is 6.20 Å². The number of pyridine rings is 1. The van der Waals surface area contributed by atoms with Crippen LogP contribution in [0.1, 0.15) is 11.7 Å². The van der Waals surface area contributed by atoms with E-state index < -0.39 is 6.10 Å². The maximum Gasteiger partial charge on any atom is 0.129 e. The number of aliphatic hydroxyl groups is 1. The Kier molecular flexibility index (Phi) is 2.82. The van der Waals surface area contributed by atoms with Gasteiger partial charge in [0.15, 0.2) is 0 Å². The van der Waals surface area contributed by atoms with Gasteiger partial charge in [0.25, 0.3) is 0 Å². The van der Waals surface area contributed by atoms with Crippen molar-refractivity contribution in [2.75, 3.05) is 6.54 Å². The molecule has 11 heavy (non-hydrogen) atoms. The predicted octanol–water partition coefficient (Wildman–Crippen LogP) is 0.727. The lowest BCUT2D eigenvalue weighted by Gasteiger charge is -2.05. The summed E-state index contributed by atoms with van der Waals surface area (Å²) in [6, 6.07) is 3.32. The molecule has 0 saturated heterocycles. The van der Waals surface area contributed by atoms with Crippen LogP contribution in [-0.2, 0) is 0 Å². The first-order valence-electron chi connectivity index (χ1n) is 3.23. The van der Waals surface area contributed by atoms with Crippen LogP contribution in [0.5, 0.6) is 0 Å². The molecular weight excluding hydrogens is 164 g/mol. The molecule has 0 amide bonds. The molecule has 3 nitrogen and oxygen atoms in total. The zero-order valence-electron chi connectivity index (χ0n) is 5.87. The van der Waals surface area contributed by atoms with Crippen molar-refractivity contribution in [2.24, 2.45) is 5.73 Å². The number of aliphatic hydroxyl groups excluding tert-OH is 1. The fraction of sp³-hybridized carbons (Fsp3) is 0.286. The first-order valence-corrected chi connectivity index (χ1v) is 3.61. The Morgan fingerprint density at radius 3 is 2.82 bits per heavy atom. The third-order valence-corrected chi connectivity index (χ3v) is 1.58. The van der Waals surface area contributed by atoms with E-state index in [1.807, 2.05) is 0 Å². The van der Waals surface area contributed by atoms with E-state index in [0.29, 0.717) is 10.7 Å². The van der Waals surface area contributed by atoms with Gasteiger partial charge in [0.1, 0.15) is 5.15 Å². The van der Waals surface area contributed by atoms with Crippen molar-refractivity contribution in [1.82, 2.24) is 4.98 Å². The third kappa shape index (κ3) is 2.15. The maximum absolute atomic E-state index is 9.21. The van der Waals surface area contributed by atoms with Crippen molar-refractivity contribution in [3.63, 3.8) is 0 Å². The van der Waals surface area contributed by atoms with Gasteiger partial charge in [0.05, 0.1) is 6.10 Å². The van der Waals surface area contributed by atoms with E-state index in [4.69, 9.17) is 17.3 Å². The molecular formula is C7H9ClN2O. The third-order valence-electron chi connectivity index (χ3n) is 1.36. The average molecular weight is 173 g/mol. The quantitative estimate of drug-likeness (QED) is 0.647. The number of halogens is 1. The number of rotatable bonds is 2. The molecule has 1 aromatic heterocycles. The molecule has 0 aliphatic carbocycles. The average Bonchev–Trinajstić information content (AvgIpc) is 2.05. The van der Waals surface area contributed by atoms with Crippen LogP contribution in [0.4, 0.5) is 0 Å². The second-order valence-corrected chi connectivity index (χ2v) is 2.55. The number of hydrogen-bond acceptors (Lipinski definition) is 3. The lowest BCUT2D eigenvalue weighted by atomic mass is 10.2. The van der Waals surface area contributed by atoms with Gasteiger partial charge in [-0.2, -0.15) is 0 Å². The molecule has 0 saturated carbocycles. The van der Waals surface area contributed by atoms with Gasteiger partial charge in [-0.05, 0) is 6.07 Å². The summed E-state index contributed by atoms with van der Waals surface area (Å²) in [4.78, 5) is 3.80. The number of aromatic nitrogens is 1. The molecule has 4 heteroatoms. The van der Waals surface area contributed by atoms with Crippen LogP contribution in [0, 0.1) is 0 Å². The second-order valence-electron chi connectivity index (χ2n) is 2.17. The molecule has 1 heterocycles. The molecule has 0 aliphatic rings. The summed E-state index contributed by atoms with van der Waals surface area (Å²) in [6.07, 6.45) is 0.875. The number of hydrogen-bond donors (Lipinski definition) is 2. The van der Waals surface area contributed by atoms with Crippen LogP contribution in [0.15, 0.2) is 18.3 Å². The highest BCUT2D eigenvalue weighted by Crippen LogP contribution is 2.11. The SMILES string of the molecule is NCC(O)c1ccc(Cl)nc1. The van der Waals surface area contributed by atoms with Gasteiger partial charge >= 0.3 is 0 Å². The standard InChI is InChI=1S/C7H9ClN2O/c8-7-2-1-5(4-10-7)6(11)3-9/h1-2,4,6,11H,3,9H2. The van der Waals surface area contributed by atoms with E-state index in [9.17, 15) is 5.11 Å². The normalized spacial score (nSPS) is 13.0. The Labute approximate surface area is 69.8 Å². The van der Waals surface area contributed by atoms with Crippen molar-refractivity contribution >= 4 is 11.6 Å². The predicted molar refractivity (Wildman–Crippen MR) is 43.3 cm³/mol. The molecule has 0 bridgehead atoms. The van der Waals surface area contributed by atoms with Crippen molar-refractivity contribution in [3.8, 4) is 0 Å². The van der Waals surface area contributed by atoms with Crippen LogP contribution in [0.3, 0.4) is 0 Å². The van der Waals surface area contributed by atoms with Gasteiger partial charge in [0.2, 0.25) is 0 Å². The van der Waals surface area contributed by atoms with E-state index >= 15 is 0 Å². The molecule has 1 rings (SSSR count). The monoisotopic (exact) mass is 172 g/mol. The van der Waals surface area contributed by atoms with E-state index in [1.54, 1.807) is 12.1 Å². The number of nitrogens with zero attached hydrogens (tertiary/aromatic N) is 1. The van der Waals surface area contributed by atoms with Gasteiger partial charge in [0, 0.05) is 18.3 Å². The molecule has 1 atom stereocenters. The summed E-state index contributed by atoms with van der Waals surface area (Å²) in [7, 11) is 0. The van der Waals surface area contributed by atoms with Gasteiger partial charge < -0.3 is 10.8 Å². The zero-order chi connectivity index (χ0) is 8.27. The molecule has 0 spiro atoms. The van der Waals surface area contributed by atoms with Crippen LogP contribution in [0.25, 0.3) is 0 Å². The minimum Gasteiger partial charge on any atom is -0.387 e. The van der Waals surface area contributed by atoms with Crippen LogP contribution in [0.2, 0.25) is 5.15 Å². The van der Waals surface area contributed by atoms with Crippen molar-refractivity contribution in [1.29, 1.82) is 0 Å². The summed E-state index contributed by atoms with van der Waals surface area (Å²) in [5, 5.41) is 9.63. The van der Waals surface area contributed by atoms with Gasteiger partial charge in [-0.3, -0.25) is 0 Å². The highest BCUT2D eigenvalue weighted by atomic mass is 35.5. The summed E-state index contributed by atoms with van der Waals surface area (Å²) < 4.78 is 0. The van der Waals surface area contributed by atoms with Crippen LogP contribution < -0.4 is 5.73 Å². The van der Waals surface area contributed by atoms with Crippen LogP contribution in [-0.4, -0.2) is 16.6 Å². The van der Waals surface area contributed by atoms with Crippen molar-refractivity contribution in [2.45, 2.75) is 6.10 Å². The maximum atomic E-state index is 9.21.